The molecule has 1 aliphatic rings. The van der Waals surface area contributed by atoms with Crippen LogP contribution in [0.25, 0.3) is 10.8 Å². The predicted molar refractivity (Wildman–Crippen MR) is 106 cm³/mol. The number of rotatable bonds is 5. The van der Waals surface area contributed by atoms with Crippen LogP contribution in [0.15, 0.2) is 29.1 Å². The number of hydrogen-bond acceptors (Lipinski definition) is 5. The third-order valence-corrected chi connectivity index (χ3v) is 5.61. The minimum atomic E-state index is -0.697. The van der Waals surface area contributed by atoms with E-state index in [0.717, 1.165) is 25.7 Å². The molecule has 0 radical (unpaired) electrons. The molecule has 1 aromatic carbocycles. The van der Waals surface area contributed by atoms with Gasteiger partial charge >= 0.3 is 5.97 Å². The first-order chi connectivity index (χ1) is 13.4. The molecule has 7 heteroatoms. The van der Waals surface area contributed by atoms with E-state index >= 15 is 0 Å². The first-order valence-electron chi connectivity index (χ1n) is 9.85. The lowest BCUT2D eigenvalue weighted by atomic mass is 9.87. The molecule has 3 rings (SSSR count). The van der Waals surface area contributed by atoms with Gasteiger partial charge in [0.2, 0.25) is 0 Å². The number of nitrogens with zero attached hydrogens (tertiary/aromatic N) is 3. The van der Waals surface area contributed by atoms with Crippen LogP contribution in [0, 0.1) is 5.92 Å². The molecule has 0 aliphatic heterocycles. The van der Waals surface area contributed by atoms with E-state index in [-0.39, 0.29) is 29.8 Å². The summed E-state index contributed by atoms with van der Waals surface area (Å²) in [5.74, 6) is -0.218. The van der Waals surface area contributed by atoms with Crippen molar-refractivity contribution in [3.63, 3.8) is 0 Å². The van der Waals surface area contributed by atoms with Crippen LogP contribution in [0.2, 0.25) is 0 Å². The highest BCUT2D eigenvalue weighted by Crippen LogP contribution is 2.26. The van der Waals surface area contributed by atoms with Gasteiger partial charge in [-0.3, -0.25) is 9.59 Å². The van der Waals surface area contributed by atoms with Gasteiger partial charge in [0.05, 0.1) is 5.39 Å². The second kappa shape index (κ2) is 8.54. The van der Waals surface area contributed by atoms with Gasteiger partial charge in [-0.1, -0.05) is 25.1 Å². The molecule has 28 heavy (non-hydrogen) atoms. The number of aryl methyl sites for hydroxylation is 1. The summed E-state index contributed by atoms with van der Waals surface area (Å²) in [6.07, 6.45) is 4.17. The fourth-order valence-electron chi connectivity index (χ4n) is 3.73. The predicted octanol–water partition coefficient (Wildman–Crippen LogP) is 2.61. The Bertz CT molecular complexity index is 929. The number of benzene rings is 1. The highest BCUT2D eigenvalue weighted by molar-refractivity contribution is 6.02. The SMILES string of the molecule is CCn1nc(C(=O)OCC(=O)N(C)C2CCC(C)CC2)c2ccccc2c1=O. The molecule has 0 atom stereocenters. The summed E-state index contributed by atoms with van der Waals surface area (Å²) in [6.45, 7) is 4.02. The Kier molecular flexibility index (Phi) is 6.11. The quantitative estimate of drug-likeness (QED) is 0.739. The molecule has 1 fully saturated rings. The van der Waals surface area contributed by atoms with Gasteiger partial charge in [0.15, 0.2) is 12.3 Å². The Morgan fingerprint density at radius 2 is 1.82 bits per heavy atom. The summed E-state index contributed by atoms with van der Waals surface area (Å²) < 4.78 is 6.49. The van der Waals surface area contributed by atoms with E-state index in [1.54, 1.807) is 43.1 Å². The highest BCUT2D eigenvalue weighted by atomic mass is 16.5. The molecule has 1 aromatic heterocycles. The lowest BCUT2D eigenvalue weighted by Gasteiger charge is -2.33. The van der Waals surface area contributed by atoms with Gasteiger partial charge in [-0.2, -0.15) is 5.10 Å². The summed E-state index contributed by atoms with van der Waals surface area (Å²) in [4.78, 5) is 39.2. The molecule has 1 saturated carbocycles. The van der Waals surface area contributed by atoms with Crippen LogP contribution in [0.1, 0.15) is 50.0 Å². The zero-order valence-corrected chi connectivity index (χ0v) is 16.7. The largest absolute Gasteiger partial charge is 0.451 e. The monoisotopic (exact) mass is 385 g/mol. The van der Waals surface area contributed by atoms with Crippen molar-refractivity contribution in [3.05, 3.63) is 40.3 Å². The van der Waals surface area contributed by atoms with Crippen molar-refractivity contribution in [3.8, 4) is 0 Å². The Morgan fingerprint density at radius 1 is 1.18 bits per heavy atom. The van der Waals surface area contributed by atoms with Crippen molar-refractivity contribution in [1.82, 2.24) is 14.7 Å². The number of hydrogen-bond donors (Lipinski definition) is 0. The van der Waals surface area contributed by atoms with E-state index in [0.29, 0.717) is 23.2 Å². The van der Waals surface area contributed by atoms with Crippen molar-refractivity contribution in [1.29, 1.82) is 0 Å². The Hall–Kier alpha value is -2.70. The number of carbonyl (C=O) groups excluding carboxylic acids is 2. The van der Waals surface area contributed by atoms with E-state index in [4.69, 9.17) is 4.74 Å². The minimum Gasteiger partial charge on any atom is -0.451 e. The number of amides is 1. The van der Waals surface area contributed by atoms with Crippen LogP contribution in [-0.4, -0.2) is 46.3 Å². The fourth-order valence-corrected chi connectivity index (χ4v) is 3.73. The van der Waals surface area contributed by atoms with Gasteiger partial charge in [-0.15, -0.1) is 0 Å². The average Bonchev–Trinajstić information content (AvgIpc) is 2.72. The maximum absolute atomic E-state index is 12.6. The first kappa shape index (κ1) is 20.0. The normalized spacial score (nSPS) is 19.4. The smallest absolute Gasteiger partial charge is 0.359 e. The number of fused-ring (bicyclic) bond motifs is 1. The van der Waals surface area contributed by atoms with Crippen LogP contribution >= 0.6 is 0 Å². The molecule has 1 aliphatic carbocycles. The molecule has 1 heterocycles. The maximum atomic E-state index is 12.6. The second-order valence-corrected chi connectivity index (χ2v) is 7.51. The van der Waals surface area contributed by atoms with Gasteiger partial charge in [-0.05, 0) is 44.6 Å². The Balaban J connectivity index is 1.72. The maximum Gasteiger partial charge on any atom is 0.359 e. The van der Waals surface area contributed by atoms with Crippen molar-refractivity contribution >= 4 is 22.6 Å². The summed E-state index contributed by atoms with van der Waals surface area (Å²) in [7, 11) is 1.77. The number of aromatic nitrogens is 2. The Morgan fingerprint density at radius 3 is 2.46 bits per heavy atom. The third-order valence-electron chi connectivity index (χ3n) is 5.61. The highest BCUT2D eigenvalue weighted by Gasteiger charge is 2.26. The van der Waals surface area contributed by atoms with Crippen molar-refractivity contribution in [2.24, 2.45) is 5.92 Å². The van der Waals surface area contributed by atoms with Crippen LogP contribution in [-0.2, 0) is 16.1 Å². The molecule has 150 valence electrons. The summed E-state index contributed by atoms with van der Waals surface area (Å²) >= 11 is 0. The molecular weight excluding hydrogens is 358 g/mol. The van der Waals surface area contributed by atoms with E-state index in [1.165, 1.54) is 4.68 Å². The number of esters is 1. The average molecular weight is 385 g/mol. The molecular formula is C21H27N3O4. The van der Waals surface area contributed by atoms with Crippen LogP contribution in [0.3, 0.4) is 0 Å². The summed E-state index contributed by atoms with van der Waals surface area (Å²) in [5, 5.41) is 4.99. The molecule has 0 bridgehead atoms. The molecule has 0 saturated heterocycles. The molecule has 1 amide bonds. The summed E-state index contributed by atoms with van der Waals surface area (Å²) in [6, 6.07) is 6.99. The van der Waals surface area contributed by atoms with Gasteiger partial charge in [-0.25, -0.2) is 9.48 Å². The zero-order valence-electron chi connectivity index (χ0n) is 16.7. The Labute approximate surface area is 164 Å². The van der Waals surface area contributed by atoms with Crippen LogP contribution < -0.4 is 5.56 Å². The lowest BCUT2D eigenvalue weighted by Crippen LogP contribution is -2.41. The van der Waals surface area contributed by atoms with Crippen LogP contribution in [0.4, 0.5) is 0 Å². The molecule has 0 unspecified atom stereocenters. The van der Waals surface area contributed by atoms with Crippen molar-refractivity contribution in [2.45, 2.75) is 52.1 Å². The van der Waals surface area contributed by atoms with Gasteiger partial charge in [0, 0.05) is 25.0 Å². The fraction of sp³-hybridized carbons (Fsp3) is 0.524. The van der Waals surface area contributed by atoms with Crippen LogP contribution in [0.5, 0.6) is 0 Å². The lowest BCUT2D eigenvalue weighted by molar-refractivity contribution is -0.136. The van der Waals surface area contributed by atoms with Gasteiger partial charge < -0.3 is 9.64 Å². The molecule has 2 aromatic rings. The van der Waals surface area contributed by atoms with E-state index in [1.807, 2.05) is 0 Å². The van der Waals surface area contributed by atoms with E-state index in [2.05, 4.69) is 12.0 Å². The summed E-state index contributed by atoms with van der Waals surface area (Å²) in [5.41, 5.74) is -0.198. The van der Waals surface area contributed by atoms with Crippen molar-refractivity contribution < 1.29 is 14.3 Å². The topological polar surface area (TPSA) is 81.5 Å². The van der Waals surface area contributed by atoms with E-state index in [9.17, 15) is 14.4 Å². The molecule has 0 N–H and O–H groups in total. The van der Waals surface area contributed by atoms with Crippen molar-refractivity contribution in [2.75, 3.05) is 13.7 Å². The zero-order chi connectivity index (χ0) is 20.3. The first-order valence-corrected chi connectivity index (χ1v) is 9.85. The second-order valence-electron chi connectivity index (χ2n) is 7.51. The number of carbonyl (C=O) groups is 2. The van der Waals surface area contributed by atoms with Gasteiger partial charge in [0.1, 0.15) is 0 Å². The number of likely N-dealkylation sites (N-methyl/N-ethyl adjacent to an activating group) is 1. The van der Waals surface area contributed by atoms with Gasteiger partial charge in [0.25, 0.3) is 11.5 Å². The molecule has 7 nitrogen and oxygen atoms in total. The third kappa shape index (κ3) is 4.08. The standard InChI is InChI=1S/C21H27N3O4/c1-4-24-20(26)17-8-6-5-7-16(17)19(22-24)21(27)28-13-18(25)23(3)15-11-9-14(2)10-12-15/h5-8,14-15H,4,9-13H2,1-3H3. The molecule has 0 spiro atoms. The number of ether oxygens (including phenoxy) is 1. The minimum absolute atomic E-state index is 0.0546. The van der Waals surface area contributed by atoms with E-state index < -0.39 is 5.97 Å².